The van der Waals surface area contributed by atoms with Gasteiger partial charge in [0.1, 0.15) is 17.2 Å². The molecule has 1 amide bonds. The van der Waals surface area contributed by atoms with E-state index in [-0.39, 0.29) is 17.5 Å². The molecule has 7 nitrogen and oxygen atoms in total. The number of carbonyl (C=O) groups excluding carboxylic acids is 1. The summed E-state index contributed by atoms with van der Waals surface area (Å²) >= 11 is 0. The van der Waals surface area contributed by atoms with Crippen molar-refractivity contribution in [2.75, 3.05) is 13.1 Å². The number of piperidine rings is 1. The van der Waals surface area contributed by atoms with E-state index >= 15 is 0 Å². The maximum absolute atomic E-state index is 13.2. The van der Waals surface area contributed by atoms with E-state index in [0.717, 1.165) is 29.8 Å². The average Bonchev–Trinajstić information content (AvgIpc) is 3.19. The number of aromatic nitrogens is 3. The molecule has 0 saturated carbocycles. The van der Waals surface area contributed by atoms with E-state index in [2.05, 4.69) is 5.10 Å². The molecule has 2 aromatic heterocycles. The predicted molar refractivity (Wildman–Crippen MR) is 102 cm³/mol. The van der Waals surface area contributed by atoms with Gasteiger partial charge < -0.3 is 9.32 Å². The van der Waals surface area contributed by atoms with Gasteiger partial charge in [0.05, 0.1) is 5.56 Å². The lowest BCUT2D eigenvalue weighted by molar-refractivity contribution is 0.0704. The van der Waals surface area contributed by atoms with Gasteiger partial charge in [-0.2, -0.15) is 5.10 Å². The minimum Gasteiger partial charge on any atom is -0.461 e. The second-order valence-electron chi connectivity index (χ2n) is 7.18. The standard InChI is InChI=1S/C20H24N4O3/c1-4-24-18(21-22(3)20(24)26)15-8-6-10-23(12-15)19(25)16-9-5-7-14-11-13(2)27-17(14)16/h5,7,9,11,15H,4,6,8,10,12H2,1-3H3/t15-/m0/s1. The van der Waals surface area contributed by atoms with Gasteiger partial charge in [-0.05, 0) is 38.8 Å². The Hall–Kier alpha value is -2.83. The van der Waals surface area contributed by atoms with Gasteiger partial charge in [0.25, 0.3) is 5.91 Å². The van der Waals surface area contributed by atoms with Crippen LogP contribution in [-0.2, 0) is 13.6 Å². The fourth-order valence-corrected chi connectivity index (χ4v) is 4.03. The van der Waals surface area contributed by atoms with E-state index in [1.54, 1.807) is 11.6 Å². The van der Waals surface area contributed by atoms with Crippen LogP contribution in [0.15, 0.2) is 33.5 Å². The van der Waals surface area contributed by atoms with Gasteiger partial charge in [0.15, 0.2) is 0 Å². The Labute approximate surface area is 157 Å². The zero-order valence-corrected chi connectivity index (χ0v) is 15.9. The molecule has 1 aliphatic heterocycles. The van der Waals surface area contributed by atoms with E-state index in [4.69, 9.17) is 4.42 Å². The first-order valence-corrected chi connectivity index (χ1v) is 9.41. The fraction of sp³-hybridized carbons (Fsp3) is 0.450. The van der Waals surface area contributed by atoms with Crippen molar-refractivity contribution in [2.45, 2.75) is 39.2 Å². The molecular formula is C20H24N4O3. The molecule has 0 radical (unpaired) electrons. The molecule has 4 rings (SSSR count). The average molecular weight is 368 g/mol. The van der Waals surface area contributed by atoms with Crippen molar-refractivity contribution < 1.29 is 9.21 Å². The first kappa shape index (κ1) is 17.6. The highest BCUT2D eigenvalue weighted by atomic mass is 16.3. The van der Waals surface area contributed by atoms with Gasteiger partial charge in [-0.15, -0.1) is 0 Å². The summed E-state index contributed by atoms with van der Waals surface area (Å²) in [6.45, 7) is 5.67. The molecule has 1 saturated heterocycles. The van der Waals surface area contributed by atoms with Crippen molar-refractivity contribution in [3.63, 3.8) is 0 Å². The van der Waals surface area contributed by atoms with Crippen molar-refractivity contribution in [1.29, 1.82) is 0 Å². The maximum atomic E-state index is 13.2. The van der Waals surface area contributed by atoms with Crippen LogP contribution >= 0.6 is 0 Å². The summed E-state index contributed by atoms with van der Waals surface area (Å²) in [6.07, 6.45) is 1.81. The van der Waals surface area contributed by atoms with Gasteiger partial charge in [-0.3, -0.25) is 9.36 Å². The number of benzene rings is 1. The zero-order valence-electron chi connectivity index (χ0n) is 15.9. The molecule has 0 N–H and O–H groups in total. The molecule has 7 heteroatoms. The second-order valence-corrected chi connectivity index (χ2v) is 7.18. The molecule has 1 aliphatic rings. The number of fused-ring (bicyclic) bond motifs is 1. The summed E-state index contributed by atoms with van der Waals surface area (Å²) in [7, 11) is 1.67. The van der Waals surface area contributed by atoms with Gasteiger partial charge in [0.2, 0.25) is 0 Å². The number of aryl methyl sites for hydroxylation is 2. The van der Waals surface area contributed by atoms with Crippen molar-refractivity contribution >= 4 is 16.9 Å². The summed E-state index contributed by atoms with van der Waals surface area (Å²) < 4.78 is 8.85. The Morgan fingerprint density at radius 1 is 1.37 bits per heavy atom. The number of hydrogen-bond acceptors (Lipinski definition) is 4. The molecule has 0 bridgehead atoms. The Morgan fingerprint density at radius 2 is 2.19 bits per heavy atom. The molecule has 142 valence electrons. The number of carbonyl (C=O) groups is 1. The van der Waals surface area contributed by atoms with Gasteiger partial charge in [-0.1, -0.05) is 12.1 Å². The van der Waals surface area contributed by atoms with E-state index in [0.29, 0.717) is 30.8 Å². The third-order valence-electron chi connectivity index (χ3n) is 5.32. The molecule has 0 aliphatic carbocycles. The third kappa shape index (κ3) is 2.97. The number of hydrogen-bond donors (Lipinski definition) is 0. The third-order valence-corrected chi connectivity index (χ3v) is 5.32. The van der Waals surface area contributed by atoms with E-state index in [1.165, 1.54) is 4.68 Å². The van der Waals surface area contributed by atoms with Crippen LogP contribution in [0.5, 0.6) is 0 Å². The van der Waals surface area contributed by atoms with Crippen LogP contribution in [0.1, 0.15) is 47.6 Å². The number of amides is 1. The number of furan rings is 1. The molecule has 1 atom stereocenters. The molecule has 1 fully saturated rings. The molecule has 0 spiro atoms. The Bertz CT molecular complexity index is 1060. The SMILES string of the molecule is CCn1c([C@H]2CCCN(C(=O)c3cccc4cc(C)oc34)C2)nn(C)c1=O. The van der Waals surface area contributed by atoms with Crippen LogP contribution in [0, 0.1) is 6.92 Å². The highest BCUT2D eigenvalue weighted by Gasteiger charge is 2.30. The van der Waals surface area contributed by atoms with Gasteiger partial charge in [-0.25, -0.2) is 9.48 Å². The number of rotatable bonds is 3. The fourth-order valence-electron chi connectivity index (χ4n) is 4.03. The van der Waals surface area contributed by atoms with Crippen molar-refractivity contribution in [3.05, 3.63) is 51.9 Å². The quantitative estimate of drug-likeness (QED) is 0.712. The molecular weight excluding hydrogens is 344 g/mol. The monoisotopic (exact) mass is 368 g/mol. The summed E-state index contributed by atoms with van der Waals surface area (Å²) in [5.41, 5.74) is 1.13. The summed E-state index contributed by atoms with van der Waals surface area (Å²) in [5.74, 6) is 1.60. The smallest absolute Gasteiger partial charge is 0.345 e. The van der Waals surface area contributed by atoms with Crippen LogP contribution in [0.3, 0.4) is 0 Å². The van der Waals surface area contributed by atoms with Crippen LogP contribution in [0.2, 0.25) is 0 Å². The highest BCUT2D eigenvalue weighted by Crippen LogP contribution is 2.29. The minimum absolute atomic E-state index is 0.0269. The lowest BCUT2D eigenvalue weighted by atomic mass is 9.96. The second kappa shape index (κ2) is 6.72. The number of para-hydroxylation sites is 1. The lowest BCUT2D eigenvalue weighted by Crippen LogP contribution is -2.40. The molecule has 3 aromatic rings. The van der Waals surface area contributed by atoms with Crippen LogP contribution in [0.4, 0.5) is 0 Å². The van der Waals surface area contributed by atoms with Crippen molar-refractivity contribution in [2.24, 2.45) is 7.05 Å². The first-order valence-electron chi connectivity index (χ1n) is 9.41. The van der Waals surface area contributed by atoms with Crippen molar-refractivity contribution in [3.8, 4) is 0 Å². The summed E-state index contributed by atoms with van der Waals surface area (Å²) in [4.78, 5) is 27.3. The largest absolute Gasteiger partial charge is 0.461 e. The van der Waals surface area contributed by atoms with E-state index < -0.39 is 0 Å². The van der Waals surface area contributed by atoms with Crippen LogP contribution in [0.25, 0.3) is 11.0 Å². The summed E-state index contributed by atoms with van der Waals surface area (Å²) in [6, 6.07) is 7.60. The topological polar surface area (TPSA) is 73.3 Å². The van der Waals surface area contributed by atoms with Gasteiger partial charge >= 0.3 is 5.69 Å². The predicted octanol–water partition coefficient (Wildman–Crippen LogP) is 2.68. The highest BCUT2D eigenvalue weighted by molar-refractivity contribution is 6.05. The van der Waals surface area contributed by atoms with Crippen LogP contribution in [-0.4, -0.2) is 38.2 Å². The molecule has 27 heavy (non-hydrogen) atoms. The Balaban J connectivity index is 1.64. The molecule has 3 heterocycles. The number of nitrogens with zero attached hydrogens (tertiary/aromatic N) is 4. The maximum Gasteiger partial charge on any atom is 0.345 e. The van der Waals surface area contributed by atoms with Gasteiger partial charge in [0, 0.05) is 38.0 Å². The normalized spacial score (nSPS) is 17.6. The molecule has 0 unspecified atom stereocenters. The first-order chi connectivity index (χ1) is 13.0. The zero-order chi connectivity index (χ0) is 19.1. The summed E-state index contributed by atoms with van der Waals surface area (Å²) in [5, 5.41) is 5.38. The van der Waals surface area contributed by atoms with Crippen LogP contribution < -0.4 is 5.69 Å². The number of likely N-dealkylation sites (tertiary alicyclic amines) is 1. The lowest BCUT2D eigenvalue weighted by Gasteiger charge is -2.32. The Morgan fingerprint density at radius 3 is 2.96 bits per heavy atom. The minimum atomic E-state index is -0.105. The Kier molecular flexibility index (Phi) is 4.37. The van der Waals surface area contributed by atoms with E-state index in [9.17, 15) is 9.59 Å². The van der Waals surface area contributed by atoms with Crippen molar-refractivity contribution in [1.82, 2.24) is 19.2 Å². The molecule has 1 aromatic carbocycles. The van der Waals surface area contributed by atoms with E-state index in [1.807, 2.05) is 43.0 Å².